The third-order valence-electron chi connectivity index (χ3n) is 5.27. The quantitative estimate of drug-likeness (QED) is 0.774. The van der Waals surface area contributed by atoms with Crippen LogP contribution in [0.5, 0.6) is 0 Å². The van der Waals surface area contributed by atoms with Gasteiger partial charge in [0.15, 0.2) is 0 Å². The lowest BCUT2D eigenvalue weighted by Gasteiger charge is -2.35. The summed E-state index contributed by atoms with van der Waals surface area (Å²) >= 11 is 7.49. The Labute approximate surface area is 174 Å². The number of likely N-dealkylation sites (tertiary alicyclic amines) is 1. The van der Waals surface area contributed by atoms with E-state index in [0.717, 1.165) is 42.9 Å². The van der Waals surface area contributed by atoms with Gasteiger partial charge in [-0.2, -0.15) is 0 Å². The van der Waals surface area contributed by atoms with Crippen molar-refractivity contribution in [1.29, 1.82) is 0 Å². The molecular formula is C20H25ClN4O2S. The number of thiazole rings is 1. The summed E-state index contributed by atoms with van der Waals surface area (Å²) in [5.41, 5.74) is 4.06. The fraction of sp³-hybridized carbons (Fsp3) is 0.450. The molecule has 0 spiro atoms. The van der Waals surface area contributed by atoms with Crippen molar-refractivity contribution in [3.05, 3.63) is 44.9 Å². The first kappa shape index (κ1) is 20.8. The molecule has 1 aliphatic heterocycles. The van der Waals surface area contributed by atoms with Crippen molar-refractivity contribution in [3.8, 4) is 0 Å². The number of nitrogens with one attached hydrogen (secondary N) is 2. The Morgan fingerprint density at radius 3 is 2.64 bits per heavy atom. The molecule has 0 aliphatic carbocycles. The van der Waals surface area contributed by atoms with Crippen molar-refractivity contribution in [1.82, 2.24) is 15.2 Å². The van der Waals surface area contributed by atoms with Crippen LogP contribution in [0, 0.1) is 13.8 Å². The maximum absolute atomic E-state index is 12.7. The number of carbonyl (C=O) groups is 2. The van der Waals surface area contributed by atoms with Crippen LogP contribution in [0.4, 0.5) is 5.69 Å². The van der Waals surface area contributed by atoms with Crippen LogP contribution in [0.3, 0.4) is 0 Å². The summed E-state index contributed by atoms with van der Waals surface area (Å²) < 4.78 is 0. The Bertz CT molecular complexity index is 862. The first-order chi connectivity index (χ1) is 13.4. The number of aryl methyl sites for hydroxylation is 1. The van der Waals surface area contributed by atoms with Gasteiger partial charge in [0, 0.05) is 29.8 Å². The number of carbonyl (C=O) groups excluding carboxylic acids is 2. The minimum absolute atomic E-state index is 0.0480. The van der Waals surface area contributed by atoms with Gasteiger partial charge in [-0.15, -0.1) is 11.3 Å². The molecule has 1 fully saturated rings. The zero-order chi connectivity index (χ0) is 20.3. The molecule has 1 unspecified atom stereocenters. The standard InChI is InChI=1S/C20H25ClN4O2S/c1-12-16(21)5-4-6-17(12)24-19(26)14(3)25-9-7-15(8-10-25)23-20(27)18-13(2)22-11-28-18/h4-6,11,14-15H,7-10H2,1-3H3,(H,23,27)(H,24,26). The number of piperidine rings is 1. The molecular weight excluding hydrogens is 396 g/mol. The van der Waals surface area contributed by atoms with Crippen molar-refractivity contribution in [2.24, 2.45) is 0 Å². The minimum atomic E-state index is -0.251. The van der Waals surface area contributed by atoms with Crippen LogP contribution in [0.25, 0.3) is 0 Å². The number of hydrogen-bond acceptors (Lipinski definition) is 5. The highest BCUT2D eigenvalue weighted by Gasteiger charge is 2.28. The normalized spacial score (nSPS) is 16.6. The molecule has 1 aliphatic rings. The second kappa shape index (κ2) is 9.03. The van der Waals surface area contributed by atoms with E-state index in [2.05, 4.69) is 20.5 Å². The van der Waals surface area contributed by atoms with E-state index in [1.54, 1.807) is 5.51 Å². The summed E-state index contributed by atoms with van der Waals surface area (Å²) in [5.74, 6) is -0.103. The van der Waals surface area contributed by atoms with Crippen LogP contribution in [0.1, 0.15) is 40.7 Å². The highest BCUT2D eigenvalue weighted by Crippen LogP contribution is 2.24. The Kier molecular flexibility index (Phi) is 6.69. The number of anilines is 1. The Morgan fingerprint density at radius 1 is 1.29 bits per heavy atom. The lowest BCUT2D eigenvalue weighted by molar-refractivity contribution is -0.121. The first-order valence-electron chi connectivity index (χ1n) is 9.37. The van der Waals surface area contributed by atoms with E-state index < -0.39 is 0 Å². The maximum Gasteiger partial charge on any atom is 0.263 e. The smallest absolute Gasteiger partial charge is 0.263 e. The van der Waals surface area contributed by atoms with Crippen molar-refractivity contribution >= 4 is 40.4 Å². The van der Waals surface area contributed by atoms with Crippen LogP contribution in [-0.4, -0.2) is 46.9 Å². The molecule has 0 saturated carbocycles. The maximum atomic E-state index is 12.7. The van der Waals surface area contributed by atoms with Gasteiger partial charge in [-0.3, -0.25) is 14.5 Å². The fourth-order valence-electron chi connectivity index (χ4n) is 3.35. The minimum Gasteiger partial charge on any atom is -0.348 e. The van der Waals surface area contributed by atoms with E-state index in [1.165, 1.54) is 11.3 Å². The predicted molar refractivity (Wildman–Crippen MR) is 113 cm³/mol. The number of halogens is 1. The molecule has 3 rings (SSSR count). The van der Waals surface area contributed by atoms with Gasteiger partial charge in [0.1, 0.15) is 4.88 Å². The monoisotopic (exact) mass is 420 g/mol. The van der Waals surface area contributed by atoms with E-state index in [0.29, 0.717) is 9.90 Å². The summed E-state index contributed by atoms with van der Waals surface area (Å²) in [5, 5.41) is 6.71. The van der Waals surface area contributed by atoms with Crippen molar-refractivity contribution in [2.75, 3.05) is 18.4 Å². The highest BCUT2D eigenvalue weighted by molar-refractivity contribution is 7.11. The number of amides is 2. The number of aromatic nitrogens is 1. The highest BCUT2D eigenvalue weighted by atomic mass is 35.5. The average Bonchev–Trinajstić information content (AvgIpc) is 3.11. The van der Waals surface area contributed by atoms with E-state index in [1.807, 2.05) is 39.0 Å². The van der Waals surface area contributed by atoms with Gasteiger partial charge in [-0.05, 0) is 51.3 Å². The second-order valence-corrected chi connectivity index (χ2v) is 8.39. The molecule has 2 N–H and O–H groups in total. The Balaban J connectivity index is 1.51. The molecule has 2 amide bonds. The van der Waals surface area contributed by atoms with Crippen LogP contribution < -0.4 is 10.6 Å². The van der Waals surface area contributed by atoms with Gasteiger partial charge in [0.25, 0.3) is 5.91 Å². The van der Waals surface area contributed by atoms with Gasteiger partial charge < -0.3 is 10.6 Å². The molecule has 1 saturated heterocycles. The molecule has 8 heteroatoms. The van der Waals surface area contributed by atoms with Crippen LogP contribution >= 0.6 is 22.9 Å². The van der Waals surface area contributed by atoms with E-state index in [9.17, 15) is 9.59 Å². The number of nitrogens with zero attached hydrogens (tertiary/aromatic N) is 2. The second-order valence-electron chi connectivity index (χ2n) is 7.13. The molecule has 1 aromatic carbocycles. The Hall–Kier alpha value is -1.96. The zero-order valence-electron chi connectivity index (χ0n) is 16.3. The van der Waals surface area contributed by atoms with Gasteiger partial charge in [0.05, 0.1) is 17.2 Å². The van der Waals surface area contributed by atoms with E-state index in [-0.39, 0.29) is 23.9 Å². The largest absolute Gasteiger partial charge is 0.348 e. The predicted octanol–water partition coefficient (Wildman–Crippen LogP) is 3.63. The molecule has 150 valence electrons. The molecule has 6 nitrogen and oxygen atoms in total. The molecule has 2 aromatic rings. The van der Waals surface area contributed by atoms with Gasteiger partial charge in [-0.1, -0.05) is 17.7 Å². The lowest BCUT2D eigenvalue weighted by Crippen LogP contribution is -2.50. The third kappa shape index (κ3) is 4.71. The summed E-state index contributed by atoms with van der Waals surface area (Å²) in [6.07, 6.45) is 1.63. The summed E-state index contributed by atoms with van der Waals surface area (Å²) in [6.45, 7) is 7.16. The fourth-order valence-corrected chi connectivity index (χ4v) is 4.23. The van der Waals surface area contributed by atoms with Crippen LogP contribution in [-0.2, 0) is 4.79 Å². The van der Waals surface area contributed by atoms with Crippen LogP contribution in [0.2, 0.25) is 5.02 Å². The van der Waals surface area contributed by atoms with Gasteiger partial charge in [0.2, 0.25) is 5.91 Å². The molecule has 1 aromatic heterocycles. The summed E-state index contributed by atoms with van der Waals surface area (Å²) in [6, 6.07) is 5.36. The van der Waals surface area contributed by atoms with E-state index >= 15 is 0 Å². The zero-order valence-corrected chi connectivity index (χ0v) is 17.9. The Morgan fingerprint density at radius 2 is 2.00 bits per heavy atom. The number of benzene rings is 1. The third-order valence-corrected chi connectivity index (χ3v) is 6.61. The molecule has 0 bridgehead atoms. The van der Waals surface area contributed by atoms with Crippen molar-refractivity contribution in [2.45, 2.75) is 45.7 Å². The van der Waals surface area contributed by atoms with Crippen molar-refractivity contribution in [3.63, 3.8) is 0 Å². The summed E-state index contributed by atoms with van der Waals surface area (Å²) in [7, 11) is 0. The summed E-state index contributed by atoms with van der Waals surface area (Å²) in [4.78, 5) is 32.0. The first-order valence-corrected chi connectivity index (χ1v) is 10.6. The van der Waals surface area contributed by atoms with Gasteiger partial charge >= 0.3 is 0 Å². The lowest BCUT2D eigenvalue weighted by atomic mass is 10.0. The average molecular weight is 421 g/mol. The van der Waals surface area contributed by atoms with Gasteiger partial charge in [-0.25, -0.2) is 4.98 Å². The molecule has 0 radical (unpaired) electrons. The molecule has 28 heavy (non-hydrogen) atoms. The molecule has 1 atom stereocenters. The van der Waals surface area contributed by atoms with Crippen LogP contribution in [0.15, 0.2) is 23.7 Å². The SMILES string of the molecule is Cc1ncsc1C(=O)NC1CCN(C(C)C(=O)Nc2cccc(Cl)c2C)CC1. The molecule has 2 heterocycles. The van der Waals surface area contributed by atoms with E-state index in [4.69, 9.17) is 11.6 Å². The topological polar surface area (TPSA) is 74.3 Å². The number of rotatable bonds is 5. The van der Waals surface area contributed by atoms with Crippen molar-refractivity contribution < 1.29 is 9.59 Å². The number of hydrogen-bond donors (Lipinski definition) is 2.